The first kappa shape index (κ1) is 8.96. The zero-order chi connectivity index (χ0) is 10.1. The summed E-state index contributed by atoms with van der Waals surface area (Å²) in [4.78, 5) is 3.68. The van der Waals surface area contributed by atoms with Gasteiger partial charge in [0.05, 0.1) is 5.02 Å². The maximum absolute atomic E-state index is 13.4. The third kappa shape index (κ3) is 1.31. The van der Waals surface area contributed by atoms with Gasteiger partial charge in [0.2, 0.25) is 5.95 Å². The molecule has 1 aromatic carbocycles. The summed E-state index contributed by atoms with van der Waals surface area (Å²) in [7, 11) is 0. The smallest absolute Gasteiger partial charge is 0.223 e. The monoisotopic (exact) mass is 212 g/mol. The number of halogens is 2. The summed E-state index contributed by atoms with van der Waals surface area (Å²) >= 11 is 5.81. The zero-order valence-corrected chi connectivity index (χ0v) is 7.74. The number of aromatic nitrogens is 3. The predicted molar refractivity (Wildman–Crippen MR) is 50.7 cm³/mol. The lowest BCUT2D eigenvalue weighted by Gasteiger charge is -2.05. The molecule has 0 unspecified atom stereocenters. The Labute approximate surface area is 84.1 Å². The van der Waals surface area contributed by atoms with Gasteiger partial charge >= 0.3 is 0 Å². The predicted octanol–water partition coefficient (Wildman–Crippen LogP) is 1.64. The number of nitrogens with two attached hydrogens (primary N) is 1. The van der Waals surface area contributed by atoms with Crippen molar-refractivity contribution in [1.82, 2.24) is 14.8 Å². The van der Waals surface area contributed by atoms with Crippen LogP contribution in [0.2, 0.25) is 5.02 Å². The van der Waals surface area contributed by atoms with Gasteiger partial charge in [0.25, 0.3) is 0 Å². The molecular weight excluding hydrogens is 207 g/mol. The van der Waals surface area contributed by atoms with Crippen molar-refractivity contribution in [3.63, 3.8) is 0 Å². The van der Waals surface area contributed by atoms with E-state index < -0.39 is 5.82 Å². The van der Waals surface area contributed by atoms with Gasteiger partial charge in [-0.25, -0.2) is 4.39 Å². The van der Waals surface area contributed by atoms with Crippen molar-refractivity contribution in [1.29, 1.82) is 0 Å². The molecule has 2 aromatic rings. The lowest BCUT2D eigenvalue weighted by Crippen LogP contribution is -2.05. The molecule has 0 aliphatic carbocycles. The van der Waals surface area contributed by atoms with Gasteiger partial charge in [0.15, 0.2) is 5.82 Å². The molecule has 1 aromatic heterocycles. The standard InChI is InChI=1S/C8H6ClFN4/c9-5-2-1-3-6(10)7(5)14-8(11)12-4-13-14/h1-4H,(H2,11,12,13). The first-order valence-electron chi connectivity index (χ1n) is 3.80. The molecule has 6 heteroatoms. The molecule has 0 aliphatic heterocycles. The summed E-state index contributed by atoms with van der Waals surface area (Å²) in [6.07, 6.45) is 1.23. The topological polar surface area (TPSA) is 56.7 Å². The third-order valence-corrected chi connectivity index (χ3v) is 2.03. The van der Waals surface area contributed by atoms with Crippen molar-refractivity contribution in [2.45, 2.75) is 0 Å². The van der Waals surface area contributed by atoms with Gasteiger partial charge in [0.1, 0.15) is 12.0 Å². The molecule has 0 saturated carbocycles. The summed E-state index contributed by atoms with van der Waals surface area (Å²) in [6, 6.07) is 4.34. The van der Waals surface area contributed by atoms with Gasteiger partial charge in [-0.05, 0) is 12.1 Å². The van der Waals surface area contributed by atoms with Crippen molar-refractivity contribution in [2.24, 2.45) is 0 Å². The van der Waals surface area contributed by atoms with Gasteiger partial charge in [-0.3, -0.25) is 0 Å². The van der Waals surface area contributed by atoms with Gasteiger partial charge in [-0.2, -0.15) is 14.8 Å². The van der Waals surface area contributed by atoms with E-state index in [1.165, 1.54) is 18.5 Å². The second-order valence-electron chi connectivity index (χ2n) is 2.60. The highest BCUT2D eigenvalue weighted by molar-refractivity contribution is 6.32. The third-order valence-electron chi connectivity index (χ3n) is 1.72. The molecule has 0 bridgehead atoms. The van der Waals surface area contributed by atoms with Crippen LogP contribution < -0.4 is 5.73 Å². The Morgan fingerprint density at radius 2 is 2.21 bits per heavy atom. The zero-order valence-electron chi connectivity index (χ0n) is 6.98. The second kappa shape index (κ2) is 3.26. The highest BCUT2D eigenvalue weighted by atomic mass is 35.5. The second-order valence-corrected chi connectivity index (χ2v) is 3.01. The van der Waals surface area contributed by atoms with Crippen LogP contribution in [0.25, 0.3) is 5.69 Å². The van der Waals surface area contributed by atoms with Gasteiger partial charge < -0.3 is 5.73 Å². The van der Waals surface area contributed by atoms with Crippen LogP contribution in [0.15, 0.2) is 24.5 Å². The minimum absolute atomic E-state index is 0.0944. The maximum atomic E-state index is 13.4. The van der Waals surface area contributed by atoms with Crippen LogP contribution >= 0.6 is 11.6 Å². The number of benzene rings is 1. The fourth-order valence-electron chi connectivity index (χ4n) is 1.11. The van der Waals surface area contributed by atoms with Crippen LogP contribution in [0.4, 0.5) is 10.3 Å². The molecule has 0 fully saturated rings. The van der Waals surface area contributed by atoms with Crippen LogP contribution in [0.1, 0.15) is 0 Å². The van der Waals surface area contributed by atoms with Crippen LogP contribution in [0.3, 0.4) is 0 Å². The number of hydrogen-bond donors (Lipinski definition) is 1. The minimum atomic E-state index is -0.491. The highest BCUT2D eigenvalue weighted by Gasteiger charge is 2.12. The summed E-state index contributed by atoms with van der Waals surface area (Å²) < 4.78 is 14.5. The molecule has 4 nitrogen and oxygen atoms in total. The SMILES string of the molecule is Nc1ncnn1-c1c(F)cccc1Cl. The number of anilines is 1. The Kier molecular flexibility index (Phi) is 2.09. The molecule has 14 heavy (non-hydrogen) atoms. The van der Waals surface area contributed by atoms with Crippen molar-refractivity contribution < 1.29 is 4.39 Å². The van der Waals surface area contributed by atoms with E-state index in [4.69, 9.17) is 17.3 Å². The largest absolute Gasteiger partial charge is 0.368 e. The van der Waals surface area contributed by atoms with E-state index in [1.54, 1.807) is 6.07 Å². The fourth-order valence-corrected chi connectivity index (χ4v) is 1.36. The van der Waals surface area contributed by atoms with E-state index in [2.05, 4.69) is 10.1 Å². The molecule has 2 rings (SSSR count). The van der Waals surface area contributed by atoms with E-state index in [0.717, 1.165) is 4.68 Å². The molecule has 0 radical (unpaired) electrons. The van der Waals surface area contributed by atoms with Crippen molar-refractivity contribution in [2.75, 3.05) is 5.73 Å². The molecule has 0 amide bonds. The summed E-state index contributed by atoms with van der Waals surface area (Å²) in [5, 5.41) is 4.00. The van der Waals surface area contributed by atoms with Crippen LogP contribution in [0, 0.1) is 5.82 Å². The lowest BCUT2D eigenvalue weighted by molar-refractivity contribution is 0.612. The number of hydrogen-bond acceptors (Lipinski definition) is 3. The van der Waals surface area contributed by atoms with Crippen molar-refractivity contribution in [3.05, 3.63) is 35.4 Å². The number of rotatable bonds is 1. The Bertz CT molecular complexity index is 448. The molecule has 1 heterocycles. The molecule has 2 N–H and O–H groups in total. The van der Waals surface area contributed by atoms with E-state index in [0.29, 0.717) is 0 Å². The van der Waals surface area contributed by atoms with Crippen molar-refractivity contribution >= 4 is 17.5 Å². The Hall–Kier alpha value is -1.62. The molecule has 0 atom stereocenters. The Morgan fingerprint density at radius 3 is 2.79 bits per heavy atom. The van der Waals surface area contributed by atoms with E-state index in [1.807, 2.05) is 0 Å². The highest BCUT2D eigenvalue weighted by Crippen LogP contribution is 2.23. The number of nitrogen functional groups attached to an aromatic ring is 1. The Balaban J connectivity index is 2.68. The normalized spacial score (nSPS) is 10.4. The van der Waals surface area contributed by atoms with Crippen molar-refractivity contribution in [3.8, 4) is 5.69 Å². The number of nitrogens with zero attached hydrogens (tertiary/aromatic N) is 3. The van der Waals surface area contributed by atoms with Crippen LogP contribution in [-0.2, 0) is 0 Å². The molecule has 72 valence electrons. The molecular formula is C8H6ClFN4. The fraction of sp³-hybridized carbons (Fsp3) is 0. The average Bonchev–Trinajstić information content (AvgIpc) is 2.52. The summed E-state index contributed by atoms with van der Waals surface area (Å²) in [6.45, 7) is 0. The Morgan fingerprint density at radius 1 is 1.43 bits per heavy atom. The average molecular weight is 213 g/mol. The van der Waals surface area contributed by atoms with E-state index in [-0.39, 0.29) is 16.7 Å². The van der Waals surface area contributed by atoms with E-state index in [9.17, 15) is 4.39 Å². The molecule has 0 aliphatic rings. The lowest BCUT2D eigenvalue weighted by atomic mass is 10.3. The van der Waals surface area contributed by atoms with E-state index >= 15 is 0 Å². The van der Waals surface area contributed by atoms with Gasteiger partial charge in [-0.1, -0.05) is 17.7 Å². The van der Waals surface area contributed by atoms with Gasteiger partial charge in [0, 0.05) is 0 Å². The summed E-state index contributed by atoms with van der Waals surface area (Å²) in [5.41, 5.74) is 5.59. The van der Waals surface area contributed by atoms with Crippen LogP contribution in [-0.4, -0.2) is 14.8 Å². The maximum Gasteiger partial charge on any atom is 0.223 e. The number of para-hydroxylation sites is 1. The molecule has 0 saturated heterocycles. The summed E-state index contributed by atoms with van der Waals surface area (Å²) in [5.74, 6) is -0.397. The van der Waals surface area contributed by atoms with Crippen LogP contribution in [0.5, 0.6) is 0 Å². The first-order valence-corrected chi connectivity index (χ1v) is 4.18. The quantitative estimate of drug-likeness (QED) is 0.782. The first-order chi connectivity index (χ1) is 6.70. The minimum Gasteiger partial charge on any atom is -0.368 e. The van der Waals surface area contributed by atoms with Gasteiger partial charge in [-0.15, -0.1) is 0 Å². The molecule has 0 spiro atoms.